The minimum absolute atomic E-state index is 0.176. The van der Waals surface area contributed by atoms with E-state index in [1.807, 2.05) is 0 Å². The number of hydrogen-bond acceptors (Lipinski definition) is 5. The van der Waals surface area contributed by atoms with Gasteiger partial charge in [-0.2, -0.15) is 0 Å². The molecule has 0 bridgehead atoms. The molecule has 31 heavy (non-hydrogen) atoms. The molecule has 1 aromatic heterocycles. The van der Waals surface area contributed by atoms with Crippen LogP contribution >= 0.6 is 11.6 Å². The van der Waals surface area contributed by atoms with Gasteiger partial charge in [0.05, 0.1) is 17.9 Å². The van der Waals surface area contributed by atoms with Crippen LogP contribution in [0.4, 0.5) is 0 Å². The lowest BCUT2D eigenvalue weighted by atomic mass is 9.97. The number of sulfonamides is 1. The molecule has 166 valence electrons. The molecule has 0 atom stereocenters. The average Bonchev–Trinajstić information content (AvgIpc) is 3.08. The number of alkyl halides is 1. The lowest BCUT2D eigenvalue weighted by Gasteiger charge is -2.07. The highest BCUT2D eigenvalue weighted by molar-refractivity contribution is 7.88. The number of hydrogen-bond donors (Lipinski definition) is 1. The smallest absolute Gasteiger partial charge is 0.213 e. The molecule has 3 rings (SSSR count). The molecule has 6 nitrogen and oxygen atoms in total. The van der Waals surface area contributed by atoms with E-state index in [2.05, 4.69) is 6.92 Å². The Balaban J connectivity index is 1.98. The highest BCUT2D eigenvalue weighted by Crippen LogP contribution is 2.31. The topological polar surface area (TPSA) is 99.6 Å². The summed E-state index contributed by atoms with van der Waals surface area (Å²) in [6.45, 7) is 2.58. The van der Waals surface area contributed by atoms with Crippen molar-refractivity contribution in [1.29, 1.82) is 0 Å². The third-order valence-electron chi connectivity index (χ3n) is 4.84. The Kier molecular flexibility index (Phi) is 7.75. The van der Waals surface area contributed by atoms with Crippen LogP contribution in [-0.2, 0) is 22.2 Å². The van der Waals surface area contributed by atoms with E-state index in [9.17, 15) is 13.2 Å². The first-order valence-electron chi connectivity index (χ1n) is 10.2. The number of rotatable bonds is 11. The molecule has 0 spiro atoms. The van der Waals surface area contributed by atoms with Crippen molar-refractivity contribution in [3.8, 4) is 5.75 Å². The van der Waals surface area contributed by atoms with Gasteiger partial charge >= 0.3 is 0 Å². The van der Waals surface area contributed by atoms with Crippen molar-refractivity contribution >= 4 is 38.4 Å². The number of unbranched alkanes of at least 4 members (excludes halogenated alkanes) is 1. The molecule has 0 saturated carbocycles. The Bertz CT molecular complexity index is 1150. The molecule has 1 heterocycles. The highest BCUT2D eigenvalue weighted by Gasteiger charge is 2.22. The Morgan fingerprint density at radius 2 is 1.87 bits per heavy atom. The van der Waals surface area contributed by atoms with E-state index in [-0.39, 0.29) is 11.5 Å². The highest BCUT2D eigenvalue weighted by atomic mass is 35.5. The van der Waals surface area contributed by atoms with Gasteiger partial charge in [0.1, 0.15) is 17.1 Å². The van der Waals surface area contributed by atoms with Gasteiger partial charge < -0.3 is 9.15 Å². The first-order chi connectivity index (χ1) is 14.8. The van der Waals surface area contributed by atoms with E-state index < -0.39 is 10.0 Å². The molecular formula is C23H26ClNO5S. The van der Waals surface area contributed by atoms with Crippen LogP contribution in [0, 0.1) is 0 Å². The molecule has 8 heteroatoms. The fourth-order valence-electron chi connectivity index (χ4n) is 3.37. The molecule has 0 radical (unpaired) electrons. The number of nitrogens with two attached hydrogens (primary N) is 1. The number of benzene rings is 2. The number of carbonyl (C=O) groups is 1. The lowest BCUT2D eigenvalue weighted by molar-refractivity contribution is 0.103. The lowest BCUT2D eigenvalue weighted by Crippen LogP contribution is -2.14. The van der Waals surface area contributed by atoms with Crippen LogP contribution in [0.2, 0.25) is 0 Å². The number of halogens is 1. The van der Waals surface area contributed by atoms with E-state index in [0.29, 0.717) is 58.1 Å². The van der Waals surface area contributed by atoms with Crippen LogP contribution in [0.1, 0.15) is 53.4 Å². The molecule has 0 aliphatic heterocycles. The molecule has 0 aliphatic carbocycles. The van der Waals surface area contributed by atoms with E-state index in [0.717, 1.165) is 19.3 Å². The number of fused-ring (bicyclic) bond motifs is 1. The minimum atomic E-state index is -3.69. The number of primary sulfonamides is 1. The average molecular weight is 464 g/mol. The number of furan rings is 1. The summed E-state index contributed by atoms with van der Waals surface area (Å²) in [5.41, 5.74) is 2.03. The van der Waals surface area contributed by atoms with Crippen LogP contribution in [0.15, 0.2) is 46.9 Å². The van der Waals surface area contributed by atoms with Gasteiger partial charge in [-0.15, -0.1) is 11.6 Å². The molecular weight excluding hydrogens is 438 g/mol. The maximum atomic E-state index is 13.4. The number of carbonyl (C=O) groups excluding carboxylic acids is 1. The van der Waals surface area contributed by atoms with Gasteiger partial charge in [0.2, 0.25) is 10.0 Å². The quantitative estimate of drug-likeness (QED) is 0.250. The van der Waals surface area contributed by atoms with Crippen molar-refractivity contribution in [1.82, 2.24) is 0 Å². The monoisotopic (exact) mass is 463 g/mol. The molecule has 0 fully saturated rings. The van der Waals surface area contributed by atoms with Crippen molar-refractivity contribution in [2.75, 3.05) is 12.5 Å². The van der Waals surface area contributed by atoms with Gasteiger partial charge in [-0.05, 0) is 54.8 Å². The fraction of sp³-hybridized carbons (Fsp3) is 0.348. The number of ether oxygens (including phenoxy) is 1. The number of aryl methyl sites for hydroxylation is 1. The zero-order chi connectivity index (χ0) is 22.4. The van der Waals surface area contributed by atoms with Crippen LogP contribution in [-0.4, -0.2) is 26.7 Å². The van der Waals surface area contributed by atoms with Crippen molar-refractivity contribution in [2.24, 2.45) is 5.14 Å². The predicted octanol–water partition coefficient (Wildman–Crippen LogP) is 4.80. The van der Waals surface area contributed by atoms with Crippen molar-refractivity contribution in [3.63, 3.8) is 0 Å². The van der Waals surface area contributed by atoms with Crippen molar-refractivity contribution in [2.45, 2.75) is 38.4 Å². The molecule has 2 aromatic carbocycles. The van der Waals surface area contributed by atoms with Crippen LogP contribution < -0.4 is 9.88 Å². The second-order valence-electron chi connectivity index (χ2n) is 7.39. The summed E-state index contributed by atoms with van der Waals surface area (Å²) in [5.74, 6) is 1.32. The Hall–Kier alpha value is -2.35. The van der Waals surface area contributed by atoms with Gasteiger partial charge in [0.25, 0.3) is 0 Å². The van der Waals surface area contributed by atoms with Gasteiger partial charge in [0, 0.05) is 23.3 Å². The SMILES string of the molecule is CCCCc1oc2ccc(CS(N)(=O)=O)cc2c1C(=O)c1ccc(OCCCCl)cc1. The fourth-order valence-corrected chi connectivity index (χ4v) is 4.12. The second kappa shape index (κ2) is 10.3. The summed E-state index contributed by atoms with van der Waals surface area (Å²) in [5, 5.41) is 5.79. The van der Waals surface area contributed by atoms with Crippen LogP contribution in [0.3, 0.4) is 0 Å². The van der Waals surface area contributed by atoms with Crippen LogP contribution in [0.5, 0.6) is 5.75 Å². The molecule has 0 saturated heterocycles. The summed E-state index contributed by atoms with van der Waals surface area (Å²) < 4.78 is 34.6. The third kappa shape index (κ3) is 6.09. The molecule has 0 aliphatic rings. The minimum Gasteiger partial charge on any atom is -0.494 e. The molecule has 0 amide bonds. The zero-order valence-corrected chi connectivity index (χ0v) is 19.0. The molecule has 0 unspecified atom stereocenters. The summed E-state index contributed by atoms with van der Waals surface area (Å²) in [7, 11) is -3.69. The summed E-state index contributed by atoms with van der Waals surface area (Å²) >= 11 is 5.66. The predicted molar refractivity (Wildman–Crippen MR) is 122 cm³/mol. The third-order valence-corrected chi connectivity index (χ3v) is 5.84. The van der Waals surface area contributed by atoms with Gasteiger partial charge in [-0.1, -0.05) is 19.4 Å². The summed E-state index contributed by atoms with van der Waals surface area (Å²) in [6.07, 6.45) is 3.19. The zero-order valence-electron chi connectivity index (χ0n) is 17.4. The summed E-state index contributed by atoms with van der Waals surface area (Å²) in [4.78, 5) is 13.4. The van der Waals surface area contributed by atoms with Crippen molar-refractivity contribution in [3.05, 3.63) is 64.9 Å². The summed E-state index contributed by atoms with van der Waals surface area (Å²) in [6, 6.07) is 12.0. The van der Waals surface area contributed by atoms with Gasteiger partial charge in [-0.3, -0.25) is 4.79 Å². The van der Waals surface area contributed by atoms with Crippen molar-refractivity contribution < 1.29 is 22.4 Å². The number of ketones is 1. The largest absolute Gasteiger partial charge is 0.494 e. The van der Waals surface area contributed by atoms with E-state index >= 15 is 0 Å². The Labute approximate surface area is 187 Å². The normalized spacial score (nSPS) is 11.7. The van der Waals surface area contributed by atoms with Gasteiger partial charge in [0.15, 0.2) is 5.78 Å². The maximum absolute atomic E-state index is 13.4. The van der Waals surface area contributed by atoms with Crippen LogP contribution in [0.25, 0.3) is 11.0 Å². The maximum Gasteiger partial charge on any atom is 0.213 e. The molecule has 3 aromatic rings. The first-order valence-corrected chi connectivity index (χ1v) is 12.5. The Morgan fingerprint density at radius 1 is 1.13 bits per heavy atom. The van der Waals surface area contributed by atoms with E-state index in [1.54, 1.807) is 42.5 Å². The van der Waals surface area contributed by atoms with E-state index in [1.165, 1.54) is 0 Å². The molecule has 2 N–H and O–H groups in total. The standard InChI is InChI=1S/C23H26ClNO5S/c1-2-3-5-21-22(19-14-16(15-31(25,27)28)6-11-20(19)30-21)23(26)17-7-9-18(10-8-17)29-13-4-12-24/h6-11,14H,2-5,12-13,15H2,1H3,(H2,25,27,28). The first kappa shape index (κ1) is 23.3. The second-order valence-corrected chi connectivity index (χ2v) is 9.38. The Morgan fingerprint density at radius 3 is 2.52 bits per heavy atom. The van der Waals surface area contributed by atoms with E-state index in [4.69, 9.17) is 25.9 Å². The van der Waals surface area contributed by atoms with Gasteiger partial charge in [-0.25, -0.2) is 13.6 Å².